The van der Waals surface area contributed by atoms with Gasteiger partial charge in [-0.1, -0.05) is 19.8 Å². The van der Waals surface area contributed by atoms with Crippen molar-refractivity contribution in [2.24, 2.45) is 5.92 Å². The molecule has 2 nitrogen and oxygen atoms in total. The first-order chi connectivity index (χ1) is 6.80. The maximum absolute atomic E-state index is 9.08. The highest BCUT2D eigenvalue weighted by Crippen LogP contribution is 2.44. The summed E-state index contributed by atoms with van der Waals surface area (Å²) in [5, 5.41) is 9.08. The molecule has 1 saturated carbocycles. The third kappa shape index (κ3) is 1.70. The van der Waals surface area contributed by atoms with Crippen LogP contribution in [0.5, 0.6) is 0 Å². The van der Waals surface area contributed by atoms with E-state index in [0.717, 1.165) is 12.5 Å². The number of fused-ring (bicyclic) bond motifs is 2. The molecule has 2 unspecified atom stereocenters. The van der Waals surface area contributed by atoms with Crippen LogP contribution in [0.3, 0.4) is 0 Å². The van der Waals surface area contributed by atoms with Gasteiger partial charge in [0.25, 0.3) is 0 Å². The second-order valence-corrected chi connectivity index (χ2v) is 5.04. The van der Waals surface area contributed by atoms with Crippen LogP contribution < -0.4 is 0 Å². The largest absolute Gasteiger partial charge is 0.395 e. The summed E-state index contributed by atoms with van der Waals surface area (Å²) in [6.45, 7) is 4.75. The van der Waals surface area contributed by atoms with Gasteiger partial charge in [0, 0.05) is 12.1 Å². The van der Waals surface area contributed by atoms with Crippen molar-refractivity contribution in [1.82, 2.24) is 4.90 Å². The Balaban J connectivity index is 2.09. The second-order valence-electron chi connectivity index (χ2n) is 5.04. The average molecular weight is 197 g/mol. The SMILES string of the molecule is CCC12CCCC(CCN1CCO)C2. The Kier molecular flexibility index (Phi) is 3.13. The van der Waals surface area contributed by atoms with E-state index in [0.29, 0.717) is 12.1 Å². The molecule has 2 fully saturated rings. The summed E-state index contributed by atoms with van der Waals surface area (Å²) in [5.41, 5.74) is 0.462. The Bertz CT molecular complexity index is 195. The quantitative estimate of drug-likeness (QED) is 0.748. The normalized spacial score (nSPS) is 38.6. The first-order valence-corrected chi connectivity index (χ1v) is 6.16. The van der Waals surface area contributed by atoms with Gasteiger partial charge in [-0.05, 0) is 38.1 Å². The molecule has 1 saturated heterocycles. The number of piperidine rings is 1. The van der Waals surface area contributed by atoms with Gasteiger partial charge in [0.05, 0.1) is 6.61 Å². The van der Waals surface area contributed by atoms with Crippen LogP contribution in [-0.2, 0) is 0 Å². The molecule has 1 aliphatic carbocycles. The molecule has 0 amide bonds. The highest BCUT2D eigenvalue weighted by atomic mass is 16.3. The first kappa shape index (κ1) is 10.4. The Morgan fingerprint density at radius 2 is 2.29 bits per heavy atom. The Morgan fingerprint density at radius 3 is 3.00 bits per heavy atom. The molecular formula is C12H23NO. The molecule has 2 heteroatoms. The summed E-state index contributed by atoms with van der Waals surface area (Å²) in [6.07, 6.45) is 8.24. The molecule has 1 heterocycles. The van der Waals surface area contributed by atoms with E-state index in [9.17, 15) is 0 Å². The van der Waals surface area contributed by atoms with E-state index in [1.807, 2.05) is 0 Å². The van der Waals surface area contributed by atoms with Crippen LogP contribution in [0.1, 0.15) is 45.4 Å². The lowest BCUT2D eigenvalue weighted by Crippen LogP contribution is -2.56. The van der Waals surface area contributed by atoms with E-state index in [4.69, 9.17) is 5.11 Å². The number of hydrogen-bond donors (Lipinski definition) is 1. The van der Waals surface area contributed by atoms with Crippen LogP contribution in [0.25, 0.3) is 0 Å². The van der Waals surface area contributed by atoms with E-state index >= 15 is 0 Å². The second kappa shape index (κ2) is 4.19. The molecule has 14 heavy (non-hydrogen) atoms. The minimum atomic E-state index is 0.326. The van der Waals surface area contributed by atoms with Crippen molar-refractivity contribution in [3.8, 4) is 0 Å². The number of hydrogen-bond acceptors (Lipinski definition) is 2. The lowest BCUT2D eigenvalue weighted by atomic mass is 9.69. The molecular weight excluding hydrogens is 174 g/mol. The molecule has 2 rings (SSSR count). The lowest BCUT2D eigenvalue weighted by molar-refractivity contribution is -0.0255. The highest BCUT2D eigenvalue weighted by molar-refractivity contribution is 4.98. The summed E-state index contributed by atoms with van der Waals surface area (Å²) in [5.74, 6) is 0.985. The lowest BCUT2D eigenvalue weighted by Gasteiger charge is -2.52. The molecule has 0 aromatic heterocycles. The zero-order valence-electron chi connectivity index (χ0n) is 9.34. The van der Waals surface area contributed by atoms with E-state index in [1.54, 1.807) is 0 Å². The molecule has 0 aromatic rings. The Labute approximate surface area is 87.3 Å². The van der Waals surface area contributed by atoms with Crippen molar-refractivity contribution in [2.45, 2.75) is 51.0 Å². The van der Waals surface area contributed by atoms with Gasteiger partial charge in [0.15, 0.2) is 0 Å². The van der Waals surface area contributed by atoms with Gasteiger partial charge in [-0.3, -0.25) is 4.90 Å². The number of aliphatic hydroxyl groups excluding tert-OH is 1. The molecule has 0 aromatic carbocycles. The minimum Gasteiger partial charge on any atom is -0.395 e. The summed E-state index contributed by atoms with van der Waals surface area (Å²) >= 11 is 0. The fourth-order valence-electron chi connectivity index (χ4n) is 3.58. The number of nitrogens with zero attached hydrogens (tertiary/aromatic N) is 1. The van der Waals surface area contributed by atoms with E-state index < -0.39 is 0 Å². The maximum Gasteiger partial charge on any atom is 0.0558 e. The predicted octanol–water partition coefficient (Wildman–Crippen LogP) is 2.02. The van der Waals surface area contributed by atoms with Gasteiger partial charge < -0.3 is 5.11 Å². The van der Waals surface area contributed by atoms with Gasteiger partial charge >= 0.3 is 0 Å². The van der Waals surface area contributed by atoms with Crippen molar-refractivity contribution >= 4 is 0 Å². The van der Waals surface area contributed by atoms with Crippen molar-refractivity contribution in [3.63, 3.8) is 0 Å². The molecule has 2 atom stereocenters. The third-order valence-electron chi connectivity index (χ3n) is 4.43. The minimum absolute atomic E-state index is 0.326. The molecule has 2 bridgehead atoms. The molecule has 0 radical (unpaired) electrons. The smallest absolute Gasteiger partial charge is 0.0558 e. The summed E-state index contributed by atoms with van der Waals surface area (Å²) < 4.78 is 0. The van der Waals surface area contributed by atoms with Crippen molar-refractivity contribution < 1.29 is 5.11 Å². The monoisotopic (exact) mass is 197 g/mol. The Hall–Kier alpha value is -0.0800. The zero-order valence-corrected chi connectivity index (χ0v) is 9.34. The number of likely N-dealkylation sites (tertiary alicyclic amines) is 1. The highest BCUT2D eigenvalue weighted by Gasteiger charge is 2.42. The molecule has 0 spiro atoms. The van der Waals surface area contributed by atoms with Crippen LogP contribution in [0.4, 0.5) is 0 Å². The summed E-state index contributed by atoms with van der Waals surface area (Å²) in [6, 6.07) is 0. The maximum atomic E-state index is 9.08. The molecule has 1 N–H and O–H groups in total. The fraction of sp³-hybridized carbons (Fsp3) is 1.00. The summed E-state index contributed by atoms with van der Waals surface area (Å²) in [7, 11) is 0. The number of β-amino-alcohol motifs (C(OH)–C–C–N with tert-alkyl or cyclic N) is 1. The molecule has 82 valence electrons. The third-order valence-corrected chi connectivity index (χ3v) is 4.43. The Morgan fingerprint density at radius 1 is 1.43 bits per heavy atom. The van der Waals surface area contributed by atoms with Gasteiger partial charge in [0.2, 0.25) is 0 Å². The van der Waals surface area contributed by atoms with Gasteiger partial charge in [0.1, 0.15) is 0 Å². The van der Waals surface area contributed by atoms with Gasteiger partial charge in [-0.2, -0.15) is 0 Å². The van der Waals surface area contributed by atoms with Crippen molar-refractivity contribution in [3.05, 3.63) is 0 Å². The van der Waals surface area contributed by atoms with Crippen molar-refractivity contribution in [1.29, 1.82) is 0 Å². The molecule has 2 aliphatic rings. The van der Waals surface area contributed by atoms with E-state index in [-0.39, 0.29) is 0 Å². The average Bonchev–Trinajstić information content (AvgIpc) is 2.23. The van der Waals surface area contributed by atoms with Crippen LogP contribution in [0.15, 0.2) is 0 Å². The predicted molar refractivity (Wildman–Crippen MR) is 58.3 cm³/mol. The van der Waals surface area contributed by atoms with Crippen LogP contribution in [0, 0.1) is 5.92 Å². The fourth-order valence-corrected chi connectivity index (χ4v) is 3.58. The number of aliphatic hydroxyl groups is 1. The van der Waals surface area contributed by atoms with Crippen molar-refractivity contribution in [2.75, 3.05) is 19.7 Å². The topological polar surface area (TPSA) is 23.5 Å². The van der Waals surface area contributed by atoms with Gasteiger partial charge in [-0.25, -0.2) is 0 Å². The van der Waals surface area contributed by atoms with Crippen LogP contribution in [-0.4, -0.2) is 35.2 Å². The van der Waals surface area contributed by atoms with E-state index in [1.165, 1.54) is 45.1 Å². The zero-order chi connectivity index (χ0) is 10.0. The first-order valence-electron chi connectivity index (χ1n) is 6.16. The standard InChI is InChI=1S/C12H23NO/c1-2-12-6-3-4-11(10-12)5-7-13(12)8-9-14/h11,14H,2-10H2,1H3. The van der Waals surface area contributed by atoms with Gasteiger partial charge in [-0.15, -0.1) is 0 Å². The van der Waals surface area contributed by atoms with E-state index in [2.05, 4.69) is 11.8 Å². The summed E-state index contributed by atoms with van der Waals surface area (Å²) in [4.78, 5) is 2.56. The van der Waals surface area contributed by atoms with Crippen LogP contribution in [0.2, 0.25) is 0 Å². The number of rotatable bonds is 3. The van der Waals surface area contributed by atoms with Crippen LogP contribution >= 0.6 is 0 Å². The molecule has 1 aliphatic heterocycles.